The molecule has 1 unspecified atom stereocenters. The second-order valence-electron chi connectivity index (χ2n) is 4.83. The Balaban J connectivity index is 2.37. The normalized spacial score (nSPS) is 13.1. The first-order valence-corrected chi connectivity index (χ1v) is 7.81. The van der Waals surface area contributed by atoms with Gasteiger partial charge in [-0.15, -0.1) is 11.6 Å². The highest BCUT2D eigenvalue weighted by Crippen LogP contribution is 2.29. The number of aryl methyl sites for hydroxylation is 2. The maximum Gasteiger partial charge on any atom is 0.132 e. The zero-order chi connectivity index (χ0) is 14.4. The molecule has 3 rings (SSSR count). The van der Waals surface area contributed by atoms with Gasteiger partial charge >= 0.3 is 0 Å². The lowest BCUT2D eigenvalue weighted by Crippen LogP contribution is -2.02. The summed E-state index contributed by atoms with van der Waals surface area (Å²) in [4.78, 5) is 4.69. The average molecular weight is 401 g/mol. The van der Waals surface area contributed by atoms with E-state index in [1.54, 1.807) is 0 Å². The molecule has 6 heteroatoms. The standard InChI is InChI=1S/C14H14ClIN4/c1-8(15)14-17-11-6-10(16)4-5-12(11)20(14)13-7-19(3)18-9(13)2/h4-8H,1-3H3. The van der Waals surface area contributed by atoms with E-state index in [4.69, 9.17) is 11.6 Å². The van der Waals surface area contributed by atoms with Crippen LogP contribution in [0.1, 0.15) is 23.8 Å². The minimum atomic E-state index is -0.167. The van der Waals surface area contributed by atoms with E-state index in [0.717, 1.165) is 31.8 Å². The molecule has 4 nitrogen and oxygen atoms in total. The summed E-state index contributed by atoms with van der Waals surface area (Å²) in [6, 6.07) is 6.23. The third kappa shape index (κ3) is 2.22. The van der Waals surface area contributed by atoms with Crippen molar-refractivity contribution < 1.29 is 0 Å². The Morgan fingerprint density at radius 3 is 2.70 bits per heavy atom. The molecule has 0 amide bonds. The molecule has 0 radical (unpaired) electrons. The molecule has 1 atom stereocenters. The molecule has 0 bridgehead atoms. The van der Waals surface area contributed by atoms with Crippen molar-refractivity contribution >= 4 is 45.2 Å². The Bertz CT molecular complexity index is 788. The van der Waals surface area contributed by atoms with Crippen LogP contribution in [-0.2, 0) is 7.05 Å². The van der Waals surface area contributed by atoms with Gasteiger partial charge in [-0.05, 0) is 54.6 Å². The first kappa shape index (κ1) is 13.9. The maximum atomic E-state index is 6.32. The number of alkyl halides is 1. The van der Waals surface area contributed by atoms with Crippen LogP contribution in [0.5, 0.6) is 0 Å². The van der Waals surface area contributed by atoms with Gasteiger partial charge < -0.3 is 0 Å². The summed E-state index contributed by atoms with van der Waals surface area (Å²) in [5.41, 5.74) is 4.01. The Kier molecular flexibility index (Phi) is 3.50. The number of aromatic nitrogens is 4. The second kappa shape index (κ2) is 5.04. The molecule has 0 aliphatic rings. The SMILES string of the molecule is Cc1nn(C)cc1-n1c(C(C)Cl)nc2cc(I)ccc21. The number of fused-ring (bicyclic) bond motifs is 1. The van der Waals surface area contributed by atoms with E-state index in [-0.39, 0.29) is 5.38 Å². The predicted octanol–water partition coefficient (Wildman–Crippen LogP) is 3.97. The van der Waals surface area contributed by atoms with Gasteiger partial charge in [0.25, 0.3) is 0 Å². The fraction of sp³-hybridized carbons (Fsp3) is 0.286. The van der Waals surface area contributed by atoms with Crippen LogP contribution in [0.15, 0.2) is 24.4 Å². The van der Waals surface area contributed by atoms with E-state index in [2.05, 4.69) is 55.4 Å². The van der Waals surface area contributed by atoms with Gasteiger partial charge in [0.15, 0.2) is 0 Å². The molecular weight excluding hydrogens is 387 g/mol. The van der Waals surface area contributed by atoms with Crippen LogP contribution in [-0.4, -0.2) is 19.3 Å². The van der Waals surface area contributed by atoms with Crippen molar-refractivity contribution in [3.63, 3.8) is 0 Å². The van der Waals surface area contributed by atoms with Gasteiger partial charge in [0.05, 0.1) is 27.8 Å². The molecule has 0 aliphatic carbocycles. The number of nitrogens with zero attached hydrogens (tertiary/aromatic N) is 4. The molecule has 0 saturated heterocycles. The van der Waals surface area contributed by atoms with Gasteiger partial charge in [0.2, 0.25) is 0 Å². The molecule has 0 aliphatic heterocycles. The summed E-state index contributed by atoms with van der Waals surface area (Å²) in [7, 11) is 1.92. The highest BCUT2D eigenvalue weighted by molar-refractivity contribution is 14.1. The Morgan fingerprint density at radius 2 is 2.10 bits per heavy atom. The van der Waals surface area contributed by atoms with Crippen molar-refractivity contribution in [3.8, 4) is 5.69 Å². The van der Waals surface area contributed by atoms with Crippen molar-refractivity contribution in [3.05, 3.63) is 39.5 Å². The first-order chi connectivity index (χ1) is 9.47. The molecule has 104 valence electrons. The fourth-order valence-electron chi connectivity index (χ4n) is 2.40. The van der Waals surface area contributed by atoms with Crippen LogP contribution in [0.25, 0.3) is 16.7 Å². The van der Waals surface area contributed by atoms with Crippen LogP contribution < -0.4 is 0 Å². The highest BCUT2D eigenvalue weighted by atomic mass is 127. The van der Waals surface area contributed by atoms with Gasteiger partial charge in [-0.3, -0.25) is 9.25 Å². The number of hydrogen-bond acceptors (Lipinski definition) is 2. The number of imidazole rings is 1. The van der Waals surface area contributed by atoms with E-state index >= 15 is 0 Å². The van der Waals surface area contributed by atoms with Crippen molar-refractivity contribution in [2.24, 2.45) is 7.05 Å². The van der Waals surface area contributed by atoms with E-state index in [0.29, 0.717) is 0 Å². The summed E-state index contributed by atoms with van der Waals surface area (Å²) in [6.45, 7) is 3.94. The molecule has 2 heterocycles. The van der Waals surface area contributed by atoms with Crippen molar-refractivity contribution in [1.82, 2.24) is 19.3 Å². The lowest BCUT2D eigenvalue weighted by molar-refractivity contribution is 0.756. The Morgan fingerprint density at radius 1 is 1.35 bits per heavy atom. The summed E-state index contributed by atoms with van der Waals surface area (Å²) < 4.78 is 5.08. The Hall–Kier alpha value is -1.08. The zero-order valence-corrected chi connectivity index (χ0v) is 14.3. The molecule has 0 saturated carbocycles. The molecule has 2 aromatic heterocycles. The second-order valence-corrected chi connectivity index (χ2v) is 6.73. The predicted molar refractivity (Wildman–Crippen MR) is 89.6 cm³/mol. The summed E-state index contributed by atoms with van der Waals surface area (Å²) in [5, 5.41) is 4.25. The van der Waals surface area contributed by atoms with Crippen LogP contribution in [0, 0.1) is 10.5 Å². The monoisotopic (exact) mass is 400 g/mol. The summed E-state index contributed by atoms with van der Waals surface area (Å²) in [6.07, 6.45) is 2.00. The fourth-order valence-corrected chi connectivity index (χ4v) is 3.02. The van der Waals surface area contributed by atoms with Gasteiger partial charge in [-0.1, -0.05) is 0 Å². The van der Waals surface area contributed by atoms with Crippen molar-refractivity contribution in [1.29, 1.82) is 0 Å². The molecular formula is C14H14ClIN4. The molecule has 0 spiro atoms. The summed E-state index contributed by atoms with van der Waals surface area (Å²) in [5.74, 6) is 0.847. The molecule has 1 aromatic carbocycles. The van der Waals surface area contributed by atoms with Crippen LogP contribution >= 0.6 is 34.2 Å². The maximum absolute atomic E-state index is 6.32. The topological polar surface area (TPSA) is 35.6 Å². The van der Waals surface area contributed by atoms with Crippen molar-refractivity contribution in [2.45, 2.75) is 19.2 Å². The smallest absolute Gasteiger partial charge is 0.132 e. The van der Waals surface area contributed by atoms with Crippen LogP contribution in [0.2, 0.25) is 0 Å². The lowest BCUT2D eigenvalue weighted by Gasteiger charge is -2.09. The van der Waals surface area contributed by atoms with E-state index < -0.39 is 0 Å². The van der Waals surface area contributed by atoms with E-state index in [9.17, 15) is 0 Å². The molecule has 3 aromatic rings. The molecule has 0 fully saturated rings. The minimum absolute atomic E-state index is 0.167. The van der Waals surface area contributed by atoms with Gasteiger partial charge in [0, 0.05) is 16.8 Å². The quantitative estimate of drug-likeness (QED) is 0.482. The van der Waals surface area contributed by atoms with Gasteiger partial charge in [-0.25, -0.2) is 4.98 Å². The first-order valence-electron chi connectivity index (χ1n) is 6.30. The molecule has 0 N–H and O–H groups in total. The minimum Gasteiger partial charge on any atom is -0.292 e. The average Bonchev–Trinajstić information content (AvgIpc) is 2.88. The number of halogens is 2. The van der Waals surface area contributed by atoms with Gasteiger partial charge in [0.1, 0.15) is 5.82 Å². The van der Waals surface area contributed by atoms with E-state index in [1.165, 1.54) is 0 Å². The molecule has 20 heavy (non-hydrogen) atoms. The lowest BCUT2D eigenvalue weighted by atomic mass is 10.3. The van der Waals surface area contributed by atoms with Crippen molar-refractivity contribution in [2.75, 3.05) is 0 Å². The summed E-state index contributed by atoms with van der Waals surface area (Å²) >= 11 is 8.61. The van der Waals surface area contributed by atoms with Gasteiger partial charge in [-0.2, -0.15) is 5.10 Å². The van der Waals surface area contributed by atoms with E-state index in [1.807, 2.05) is 31.8 Å². The largest absolute Gasteiger partial charge is 0.292 e. The Labute approximate surface area is 135 Å². The number of hydrogen-bond donors (Lipinski definition) is 0. The number of rotatable bonds is 2. The van der Waals surface area contributed by atoms with Crippen LogP contribution in [0.4, 0.5) is 0 Å². The van der Waals surface area contributed by atoms with Crippen LogP contribution in [0.3, 0.4) is 0 Å². The zero-order valence-electron chi connectivity index (χ0n) is 11.4. The third-order valence-corrected chi connectivity index (χ3v) is 4.09. The highest BCUT2D eigenvalue weighted by Gasteiger charge is 2.19. The number of benzene rings is 1. The third-order valence-electron chi connectivity index (χ3n) is 3.23.